The summed E-state index contributed by atoms with van der Waals surface area (Å²) in [6, 6.07) is 5.73. The van der Waals surface area contributed by atoms with E-state index in [2.05, 4.69) is 19.2 Å². The quantitative estimate of drug-likeness (QED) is 0.926. The van der Waals surface area contributed by atoms with Crippen LogP contribution in [-0.2, 0) is 0 Å². The summed E-state index contributed by atoms with van der Waals surface area (Å²) in [7, 11) is 3.16. The molecule has 1 heterocycles. The first-order chi connectivity index (χ1) is 9.58. The molecule has 1 N–H and O–H groups in total. The Bertz CT molecular complexity index is 496. The zero-order valence-corrected chi connectivity index (χ0v) is 13.7. The van der Waals surface area contributed by atoms with Gasteiger partial charge in [0, 0.05) is 31.2 Å². The fourth-order valence-corrected chi connectivity index (χ4v) is 2.47. The maximum atomic E-state index is 12.7. The molecule has 0 radical (unpaired) electrons. The molecule has 2 atom stereocenters. The Morgan fingerprint density at radius 1 is 1.29 bits per heavy atom. The van der Waals surface area contributed by atoms with Crippen LogP contribution in [0.25, 0.3) is 0 Å². The van der Waals surface area contributed by atoms with E-state index in [4.69, 9.17) is 9.47 Å². The number of rotatable bonds is 3. The third kappa shape index (κ3) is 3.60. The molecule has 0 saturated carbocycles. The normalized spacial score (nSPS) is 21.4. The van der Waals surface area contributed by atoms with Crippen molar-refractivity contribution in [2.75, 3.05) is 27.3 Å². The number of hydrogen-bond acceptors (Lipinski definition) is 4. The van der Waals surface area contributed by atoms with E-state index in [9.17, 15) is 4.79 Å². The van der Waals surface area contributed by atoms with Gasteiger partial charge in [-0.05, 0) is 26.0 Å². The molecule has 1 aromatic carbocycles. The van der Waals surface area contributed by atoms with Crippen LogP contribution < -0.4 is 14.8 Å². The van der Waals surface area contributed by atoms with Crippen LogP contribution >= 0.6 is 12.4 Å². The molecule has 1 saturated heterocycles. The fraction of sp³-hybridized carbons (Fsp3) is 0.533. The number of amides is 1. The third-order valence-corrected chi connectivity index (χ3v) is 3.93. The van der Waals surface area contributed by atoms with Crippen LogP contribution in [0.2, 0.25) is 0 Å². The van der Waals surface area contributed by atoms with Gasteiger partial charge >= 0.3 is 0 Å². The number of ether oxygens (including phenoxy) is 2. The number of piperazine rings is 1. The molecule has 5 nitrogen and oxygen atoms in total. The summed E-state index contributed by atoms with van der Waals surface area (Å²) < 4.78 is 10.5. The summed E-state index contributed by atoms with van der Waals surface area (Å²) in [5, 5.41) is 3.37. The first-order valence-corrected chi connectivity index (χ1v) is 6.85. The summed E-state index contributed by atoms with van der Waals surface area (Å²) >= 11 is 0. The van der Waals surface area contributed by atoms with Crippen molar-refractivity contribution in [3.05, 3.63) is 23.8 Å². The molecule has 0 spiro atoms. The lowest BCUT2D eigenvalue weighted by molar-refractivity contribution is 0.0599. The Morgan fingerprint density at radius 2 is 2.00 bits per heavy atom. The molecule has 0 bridgehead atoms. The number of carbonyl (C=O) groups excluding carboxylic acids is 1. The summed E-state index contributed by atoms with van der Waals surface area (Å²) in [6.45, 7) is 5.68. The van der Waals surface area contributed by atoms with E-state index < -0.39 is 0 Å². The number of methoxy groups -OCH3 is 2. The number of halogens is 1. The predicted molar refractivity (Wildman–Crippen MR) is 84.8 cm³/mol. The Balaban J connectivity index is 0.00000220. The highest BCUT2D eigenvalue weighted by Crippen LogP contribution is 2.27. The maximum Gasteiger partial charge on any atom is 0.257 e. The van der Waals surface area contributed by atoms with Crippen LogP contribution in [0.5, 0.6) is 11.5 Å². The fourth-order valence-electron chi connectivity index (χ4n) is 2.47. The van der Waals surface area contributed by atoms with E-state index in [1.165, 1.54) is 0 Å². The van der Waals surface area contributed by atoms with Gasteiger partial charge in [0.25, 0.3) is 5.91 Å². The minimum absolute atomic E-state index is 0. The van der Waals surface area contributed by atoms with Gasteiger partial charge in [0.05, 0.1) is 19.8 Å². The second kappa shape index (κ2) is 7.52. The highest BCUT2D eigenvalue weighted by molar-refractivity contribution is 5.97. The average Bonchev–Trinajstić information content (AvgIpc) is 2.48. The van der Waals surface area contributed by atoms with E-state index in [0.29, 0.717) is 23.6 Å². The van der Waals surface area contributed by atoms with E-state index in [-0.39, 0.29) is 30.4 Å². The maximum absolute atomic E-state index is 12.7. The molecule has 0 aliphatic carbocycles. The number of nitrogens with zero attached hydrogens (tertiary/aromatic N) is 1. The topological polar surface area (TPSA) is 50.8 Å². The van der Waals surface area contributed by atoms with Crippen molar-refractivity contribution >= 4 is 18.3 Å². The molecular weight excluding hydrogens is 292 g/mol. The summed E-state index contributed by atoms with van der Waals surface area (Å²) in [5.41, 5.74) is 0.578. The summed E-state index contributed by atoms with van der Waals surface area (Å²) in [5.74, 6) is 1.23. The molecule has 1 aromatic rings. The molecule has 2 rings (SSSR count). The lowest BCUT2D eigenvalue weighted by atomic mass is 10.0. The molecule has 1 aliphatic rings. The van der Waals surface area contributed by atoms with Crippen molar-refractivity contribution in [2.45, 2.75) is 25.9 Å². The van der Waals surface area contributed by atoms with Crippen LogP contribution in [0.4, 0.5) is 0 Å². The van der Waals surface area contributed by atoms with Crippen LogP contribution in [0, 0.1) is 0 Å². The first-order valence-electron chi connectivity index (χ1n) is 6.85. The molecule has 6 heteroatoms. The molecular formula is C15H23ClN2O3. The molecule has 1 aliphatic heterocycles. The smallest absolute Gasteiger partial charge is 0.257 e. The Hall–Kier alpha value is -1.46. The van der Waals surface area contributed by atoms with Crippen LogP contribution in [-0.4, -0.2) is 50.2 Å². The average molecular weight is 315 g/mol. The van der Waals surface area contributed by atoms with E-state index in [1.54, 1.807) is 32.4 Å². The van der Waals surface area contributed by atoms with Crippen molar-refractivity contribution in [2.24, 2.45) is 0 Å². The van der Waals surface area contributed by atoms with Gasteiger partial charge in [-0.1, -0.05) is 0 Å². The Labute approximate surface area is 132 Å². The van der Waals surface area contributed by atoms with E-state index in [0.717, 1.165) is 6.54 Å². The van der Waals surface area contributed by atoms with Crippen LogP contribution in [0.3, 0.4) is 0 Å². The van der Waals surface area contributed by atoms with Crippen LogP contribution in [0.15, 0.2) is 18.2 Å². The first kappa shape index (κ1) is 17.6. The standard InChI is InChI=1S/C15H22N2O3.ClH/c1-10-11(2)17(8-7-16-10)15(18)13-6-5-12(19-3)9-14(13)20-4;/h5-6,9-11,16H,7-8H2,1-4H3;1H. The van der Waals surface area contributed by atoms with Crippen molar-refractivity contribution in [1.82, 2.24) is 10.2 Å². The van der Waals surface area contributed by atoms with Gasteiger partial charge < -0.3 is 19.7 Å². The van der Waals surface area contributed by atoms with Gasteiger partial charge in [0.2, 0.25) is 0 Å². The number of carbonyl (C=O) groups is 1. The molecule has 1 fully saturated rings. The van der Waals surface area contributed by atoms with Gasteiger partial charge in [-0.2, -0.15) is 0 Å². The molecule has 1 amide bonds. The van der Waals surface area contributed by atoms with Gasteiger partial charge in [-0.15, -0.1) is 12.4 Å². The highest BCUT2D eigenvalue weighted by Gasteiger charge is 2.30. The summed E-state index contributed by atoms with van der Waals surface area (Å²) in [4.78, 5) is 14.6. The van der Waals surface area contributed by atoms with Gasteiger partial charge in [0.15, 0.2) is 0 Å². The monoisotopic (exact) mass is 314 g/mol. The van der Waals surface area contributed by atoms with E-state index >= 15 is 0 Å². The zero-order valence-electron chi connectivity index (χ0n) is 12.9. The van der Waals surface area contributed by atoms with Crippen molar-refractivity contribution in [3.8, 4) is 11.5 Å². The van der Waals surface area contributed by atoms with Gasteiger partial charge in [0.1, 0.15) is 11.5 Å². The minimum Gasteiger partial charge on any atom is -0.497 e. The van der Waals surface area contributed by atoms with Crippen molar-refractivity contribution in [3.63, 3.8) is 0 Å². The molecule has 118 valence electrons. The van der Waals surface area contributed by atoms with Gasteiger partial charge in [-0.25, -0.2) is 0 Å². The zero-order chi connectivity index (χ0) is 14.7. The lowest BCUT2D eigenvalue weighted by Crippen LogP contribution is -2.57. The number of hydrogen-bond donors (Lipinski definition) is 1. The second-order valence-electron chi connectivity index (χ2n) is 5.05. The summed E-state index contributed by atoms with van der Waals surface area (Å²) in [6.07, 6.45) is 0. The third-order valence-electron chi connectivity index (χ3n) is 3.93. The largest absolute Gasteiger partial charge is 0.497 e. The Morgan fingerprint density at radius 3 is 2.62 bits per heavy atom. The van der Waals surface area contributed by atoms with Crippen molar-refractivity contribution in [1.29, 1.82) is 0 Å². The Kier molecular flexibility index (Phi) is 6.30. The lowest BCUT2D eigenvalue weighted by Gasteiger charge is -2.38. The van der Waals surface area contributed by atoms with E-state index in [1.807, 2.05) is 4.90 Å². The predicted octanol–water partition coefficient (Wildman–Crippen LogP) is 1.95. The number of benzene rings is 1. The molecule has 21 heavy (non-hydrogen) atoms. The van der Waals surface area contributed by atoms with Gasteiger partial charge in [-0.3, -0.25) is 4.79 Å². The van der Waals surface area contributed by atoms with Crippen LogP contribution in [0.1, 0.15) is 24.2 Å². The van der Waals surface area contributed by atoms with Crippen molar-refractivity contribution < 1.29 is 14.3 Å². The highest BCUT2D eigenvalue weighted by atomic mass is 35.5. The second-order valence-corrected chi connectivity index (χ2v) is 5.05. The minimum atomic E-state index is 0. The SMILES string of the molecule is COc1ccc(C(=O)N2CCNC(C)C2C)c(OC)c1.Cl. The number of nitrogens with one attached hydrogen (secondary N) is 1. The molecule has 0 aromatic heterocycles. The molecule has 2 unspecified atom stereocenters.